The number of carbonyl (C=O) groups excluding carboxylic acids is 1. The number of amides is 1. The molecule has 1 aromatic heterocycles. The predicted molar refractivity (Wildman–Crippen MR) is 59.3 cm³/mol. The lowest BCUT2D eigenvalue weighted by molar-refractivity contribution is 0.103. The maximum atomic E-state index is 12.8. The van der Waals surface area contributed by atoms with E-state index in [1.807, 2.05) is 0 Å². The van der Waals surface area contributed by atoms with Crippen LogP contribution in [0.2, 0.25) is 5.02 Å². The van der Waals surface area contributed by atoms with Crippen LogP contribution in [0.15, 0.2) is 24.4 Å². The van der Waals surface area contributed by atoms with Gasteiger partial charge in [0.05, 0.1) is 11.2 Å². The normalized spacial score (nSPS) is 10.1. The van der Waals surface area contributed by atoms with Crippen molar-refractivity contribution >= 4 is 34.7 Å². The van der Waals surface area contributed by atoms with Crippen LogP contribution in [0.1, 0.15) is 9.67 Å². The first-order valence-corrected chi connectivity index (χ1v) is 5.36. The van der Waals surface area contributed by atoms with Crippen molar-refractivity contribution in [1.29, 1.82) is 0 Å². The second-order valence-electron chi connectivity index (χ2n) is 2.86. The quantitative estimate of drug-likeness (QED) is 0.900. The molecule has 2 aromatic rings. The van der Waals surface area contributed by atoms with E-state index in [2.05, 4.69) is 14.9 Å². The predicted octanol–water partition coefficient (Wildman–Crippen LogP) is 2.58. The van der Waals surface area contributed by atoms with Crippen molar-refractivity contribution in [1.82, 2.24) is 9.59 Å². The highest BCUT2D eigenvalue weighted by atomic mass is 35.5. The fourth-order valence-electron chi connectivity index (χ4n) is 1.03. The van der Waals surface area contributed by atoms with Crippen LogP contribution < -0.4 is 5.32 Å². The maximum Gasteiger partial charge on any atom is 0.269 e. The summed E-state index contributed by atoms with van der Waals surface area (Å²) in [7, 11) is 0. The summed E-state index contributed by atoms with van der Waals surface area (Å²) in [6, 6.07) is 3.94. The second-order valence-corrected chi connectivity index (χ2v) is 4.06. The standard InChI is InChI=1S/C9H5ClFN3OS/c10-6-3-5(1-2-7(6)11)13-9(15)8-4-12-14-16-8/h1-4H,(H,13,15). The summed E-state index contributed by atoms with van der Waals surface area (Å²) in [6.45, 7) is 0. The van der Waals surface area contributed by atoms with Gasteiger partial charge in [0.25, 0.3) is 5.91 Å². The third-order valence-corrected chi connectivity index (χ3v) is 2.72. The van der Waals surface area contributed by atoms with E-state index >= 15 is 0 Å². The minimum absolute atomic E-state index is 0.0415. The van der Waals surface area contributed by atoms with Crippen molar-refractivity contribution < 1.29 is 9.18 Å². The third-order valence-electron chi connectivity index (χ3n) is 1.76. The minimum atomic E-state index is -0.529. The summed E-state index contributed by atoms with van der Waals surface area (Å²) < 4.78 is 16.4. The monoisotopic (exact) mass is 257 g/mol. The first-order valence-electron chi connectivity index (χ1n) is 4.20. The number of nitrogens with one attached hydrogen (secondary N) is 1. The number of nitrogens with zero attached hydrogens (tertiary/aromatic N) is 2. The van der Waals surface area contributed by atoms with Gasteiger partial charge in [-0.15, -0.1) is 5.10 Å². The van der Waals surface area contributed by atoms with E-state index in [9.17, 15) is 9.18 Å². The van der Waals surface area contributed by atoms with E-state index in [1.54, 1.807) is 0 Å². The maximum absolute atomic E-state index is 12.8. The van der Waals surface area contributed by atoms with Gasteiger partial charge < -0.3 is 5.32 Å². The summed E-state index contributed by atoms with van der Waals surface area (Å²) in [5.41, 5.74) is 0.421. The van der Waals surface area contributed by atoms with Gasteiger partial charge in [-0.25, -0.2) is 4.39 Å². The van der Waals surface area contributed by atoms with Crippen LogP contribution in [-0.2, 0) is 0 Å². The fourth-order valence-corrected chi connectivity index (χ4v) is 1.62. The second kappa shape index (κ2) is 4.54. The smallest absolute Gasteiger partial charge is 0.269 e. The Bertz CT molecular complexity index is 517. The van der Waals surface area contributed by atoms with E-state index in [0.717, 1.165) is 11.5 Å². The van der Waals surface area contributed by atoms with Gasteiger partial charge in [0.2, 0.25) is 0 Å². The van der Waals surface area contributed by atoms with E-state index in [-0.39, 0.29) is 10.9 Å². The molecular formula is C9H5ClFN3OS. The molecular weight excluding hydrogens is 253 g/mol. The highest BCUT2D eigenvalue weighted by Crippen LogP contribution is 2.20. The van der Waals surface area contributed by atoms with Gasteiger partial charge in [-0.3, -0.25) is 4.79 Å². The molecule has 1 amide bonds. The average Bonchev–Trinajstić information content (AvgIpc) is 2.77. The first kappa shape index (κ1) is 11.0. The Labute approximate surface area is 99.2 Å². The van der Waals surface area contributed by atoms with Gasteiger partial charge in [-0.2, -0.15) is 0 Å². The van der Waals surface area contributed by atoms with Crippen LogP contribution in [0.4, 0.5) is 10.1 Å². The number of hydrogen-bond donors (Lipinski definition) is 1. The molecule has 0 bridgehead atoms. The molecule has 0 saturated carbocycles. The molecule has 4 nitrogen and oxygen atoms in total. The van der Waals surface area contributed by atoms with Crippen LogP contribution in [-0.4, -0.2) is 15.5 Å². The van der Waals surface area contributed by atoms with Crippen molar-refractivity contribution in [2.45, 2.75) is 0 Å². The fraction of sp³-hybridized carbons (Fsp3) is 0. The lowest BCUT2D eigenvalue weighted by atomic mass is 10.3. The van der Waals surface area contributed by atoms with Crippen molar-refractivity contribution in [2.24, 2.45) is 0 Å². The van der Waals surface area contributed by atoms with Crippen molar-refractivity contribution in [3.63, 3.8) is 0 Å². The highest BCUT2D eigenvalue weighted by Gasteiger charge is 2.09. The number of anilines is 1. The molecule has 0 unspecified atom stereocenters. The Kier molecular flexibility index (Phi) is 3.12. The Morgan fingerprint density at radius 2 is 2.31 bits per heavy atom. The molecule has 0 fully saturated rings. The molecule has 0 aliphatic rings. The zero-order chi connectivity index (χ0) is 11.5. The van der Waals surface area contributed by atoms with Crippen LogP contribution in [0, 0.1) is 5.82 Å². The number of carbonyl (C=O) groups is 1. The number of benzene rings is 1. The van der Waals surface area contributed by atoms with Gasteiger partial charge in [0, 0.05) is 5.69 Å². The Balaban J connectivity index is 2.15. The molecule has 0 spiro atoms. The third kappa shape index (κ3) is 2.34. The van der Waals surface area contributed by atoms with Crippen molar-refractivity contribution in [3.8, 4) is 0 Å². The van der Waals surface area contributed by atoms with Gasteiger partial charge in [-0.1, -0.05) is 16.1 Å². The molecule has 2 rings (SSSR count). The van der Waals surface area contributed by atoms with Gasteiger partial charge >= 0.3 is 0 Å². The molecule has 0 atom stereocenters. The molecule has 0 saturated heterocycles. The summed E-state index contributed by atoms with van der Waals surface area (Å²) in [5.74, 6) is -0.878. The summed E-state index contributed by atoms with van der Waals surface area (Å²) in [4.78, 5) is 11.9. The minimum Gasteiger partial charge on any atom is -0.321 e. The Hall–Kier alpha value is -1.53. The van der Waals surface area contributed by atoms with Gasteiger partial charge in [-0.05, 0) is 29.7 Å². The first-order chi connectivity index (χ1) is 7.66. The lowest BCUT2D eigenvalue weighted by Gasteiger charge is -2.03. The van der Waals surface area contributed by atoms with Crippen LogP contribution >= 0.6 is 23.1 Å². The van der Waals surface area contributed by atoms with Crippen LogP contribution in [0.3, 0.4) is 0 Å². The topological polar surface area (TPSA) is 54.9 Å². The Morgan fingerprint density at radius 1 is 1.50 bits per heavy atom. The zero-order valence-corrected chi connectivity index (χ0v) is 9.35. The molecule has 1 heterocycles. The molecule has 0 radical (unpaired) electrons. The van der Waals surface area contributed by atoms with Crippen molar-refractivity contribution in [3.05, 3.63) is 40.1 Å². The summed E-state index contributed by atoms with van der Waals surface area (Å²) in [6.07, 6.45) is 1.35. The number of rotatable bonds is 2. The molecule has 0 aliphatic heterocycles. The van der Waals surface area contributed by atoms with Gasteiger partial charge in [0.1, 0.15) is 10.7 Å². The van der Waals surface area contributed by atoms with E-state index < -0.39 is 5.82 Å². The van der Waals surface area contributed by atoms with Gasteiger partial charge in [0.15, 0.2) is 0 Å². The lowest BCUT2D eigenvalue weighted by Crippen LogP contribution is -2.10. The van der Waals surface area contributed by atoms with E-state index in [0.29, 0.717) is 10.6 Å². The average molecular weight is 258 g/mol. The molecule has 1 aromatic carbocycles. The molecule has 7 heteroatoms. The molecule has 1 N–H and O–H groups in total. The molecule has 82 valence electrons. The van der Waals surface area contributed by atoms with Crippen LogP contribution in [0.25, 0.3) is 0 Å². The SMILES string of the molecule is O=C(Nc1ccc(F)c(Cl)c1)c1cnns1. The largest absolute Gasteiger partial charge is 0.321 e. The van der Waals surface area contributed by atoms with E-state index in [1.165, 1.54) is 24.4 Å². The summed E-state index contributed by atoms with van der Waals surface area (Å²) >= 11 is 6.55. The Morgan fingerprint density at radius 3 is 2.94 bits per heavy atom. The van der Waals surface area contributed by atoms with Crippen LogP contribution in [0.5, 0.6) is 0 Å². The van der Waals surface area contributed by atoms with E-state index in [4.69, 9.17) is 11.6 Å². The molecule has 16 heavy (non-hydrogen) atoms. The summed E-state index contributed by atoms with van der Waals surface area (Å²) in [5, 5.41) is 6.05. The number of aromatic nitrogens is 2. The highest BCUT2D eigenvalue weighted by molar-refractivity contribution is 7.07. The molecule has 0 aliphatic carbocycles. The zero-order valence-electron chi connectivity index (χ0n) is 7.78. The number of halogens is 2. The number of hydrogen-bond acceptors (Lipinski definition) is 4. The van der Waals surface area contributed by atoms with Crippen molar-refractivity contribution in [2.75, 3.05) is 5.32 Å².